The molecule has 25 heavy (non-hydrogen) atoms. The van der Waals surface area contributed by atoms with Crippen LogP contribution in [0.3, 0.4) is 0 Å². The monoisotopic (exact) mass is 338 g/mol. The van der Waals surface area contributed by atoms with Crippen LogP contribution in [0.4, 0.5) is 0 Å². The van der Waals surface area contributed by atoms with Crippen molar-refractivity contribution in [3.8, 4) is 0 Å². The zero-order valence-corrected chi connectivity index (χ0v) is 14.1. The molecular weight excluding hydrogens is 316 g/mol. The molecule has 0 spiro atoms. The highest BCUT2D eigenvalue weighted by Crippen LogP contribution is 2.23. The van der Waals surface area contributed by atoms with Gasteiger partial charge in [-0.15, -0.1) is 0 Å². The Bertz CT molecular complexity index is 721. The molecule has 5 nitrogen and oxygen atoms in total. The summed E-state index contributed by atoms with van der Waals surface area (Å²) >= 11 is 0. The minimum absolute atomic E-state index is 0.118. The SMILES string of the molecule is NC(CCC(=O)OCc1ccccc1)C(=O)N1Cc2ccccc2C1. The van der Waals surface area contributed by atoms with Crippen molar-refractivity contribution < 1.29 is 14.3 Å². The fourth-order valence-electron chi connectivity index (χ4n) is 2.93. The summed E-state index contributed by atoms with van der Waals surface area (Å²) in [5, 5.41) is 0. The first-order valence-electron chi connectivity index (χ1n) is 8.44. The van der Waals surface area contributed by atoms with Gasteiger partial charge in [0.25, 0.3) is 0 Å². The summed E-state index contributed by atoms with van der Waals surface area (Å²) in [5.74, 6) is -0.455. The molecule has 1 atom stereocenters. The number of benzene rings is 2. The van der Waals surface area contributed by atoms with E-state index in [0.717, 1.165) is 16.7 Å². The number of rotatable bonds is 6. The van der Waals surface area contributed by atoms with Gasteiger partial charge in [0.15, 0.2) is 0 Å². The minimum Gasteiger partial charge on any atom is -0.461 e. The molecular formula is C20H22N2O3. The van der Waals surface area contributed by atoms with E-state index in [0.29, 0.717) is 19.5 Å². The van der Waals surface area contributed by atoms with Crippen molar-refractivity contribution in [2.75, 3.05) is 0 Å². The predicted octanol–water partition coefficient (Wildman–Crippen LogP) is 2.38. The molecule has 3 rings (SSSR count). The van der Waals surface area contributed by atoms with E-state index >= 15 is 0 Å². The van der Waals surface area contributed by atoms with Gasteiger partial charge in [0.05, 0.1) is 6.04 Å². The first-order chi connectivity index (χ1) is 12.1. The summed E-state index contributed by atoms with van der Waals surface area (Å²) in [4.78, 5) is 26.0. The number of amides is 1. The van der Waals surface area contributed by atoms with E-state index in [4.69, 9.17) is 10.5 Å². The molecule has 0 saturated heterocycles. The number of nitrogens with two attached hydrogens (primary N) is 1. The maximum atomic E-state index is 12.5. The van der Waals surface area contributed by atoms with Crippen molar-refractivity contribution in [3.05, 3.63) is 71.3 Å². The highest BCUT2D eigenvalue weighted by molar-refractivity contribution is 5.83. The Kier molecular flexibility index (Phi) is 5.46. The highest BCUT2D eigenvalue weighted by Gasteiger charge is 2.27. The Balaban J connectivity index is 1.42. The summed E-state index contributed by atoms with van der Waals surface area (Å²) in [5.41, 5.74) is 9.24. The van der Waals surface area contributed by atoms with Gasteiger partial charge >= 0.3 is 5.97 Å². The maximum Gasteiger partial charge on any atom is 0.306 e. The number of nitrogens with zero attached hydrogens (tertiary/aromatic N) is 1. The number of hydrogen-bond acceptors (Lipinski definition) is 4. The number of ether oxygens (including phenoxy) is 1. The van der Waals surface area contributed by atoms with Crippen LogP contribution in [0.25, 0.3) is 0 Å². The second kappa shape index (κ2) is 7.94. The zero-order chi connectivity index (χ0) is 17.6. The van der Waals surface area contributed by atoms with Crippen LogP contribution in [0.15, 0.2) is 54.6 Å². The van der Waals surface area contributed by atoms with E-state index in [9.17, 15) is 9.59 Å². The molecule has 1 aliphatic rings. The third-order valence-electron chi connectivity index (χ3n) is 4.37. The van der Waals surface area contributed by atoms with Crippen molar-refractivity contribution in [2.45, 2.75) is 38.6 Å². The summed E-state index contributed by atoms with van der Waals surface area (Å²) in [6.07, 6.45) is 0.430. The summed E-state index contributed by atoms with van der Waals surface area (Å²) in [6, 6.07) is 16.8. The lowest BCUT2D eigenvalue weighted by Gasteiger charge is -2.20. The van der Waals surface area contributed by atoms with Gasteiger partial charge in [0, 0.05) is 19.5 Å². The fraction of sp³-hybridized carbons (Fsp3) is 0.300. The molecule has 2 aromatic rings. The molecule has 1 aliphatic heterocycles. The van der Waals surface area contributed by atoms with Crippen LogP contribution in [0.2, 0.25) is 0 Å². The van der Waals surface area contributed by atoms with Crippen LogP contribution in [0, 0.1) is 0 Å². The van der Waals surface area contributed by atoms with Crippen molar-refractivity contribution >= 4 is 11.9 Å². The van der Waals surface area contributed by atoms with E-state index in [1.54, 1.807) is 4.90 Å². The van der Waals surface area contributed by atoms with Crippen LogP contribution in [-0.4, -0.2) is 22.8 Å². The Morgan fingerprint density at radius 2 is 1.60 bits per heavy atom. The second-order valence-corrected chi connectivity index (χ2v) is 6.25. The van der Waals surface area contributed by atoms with Gasteiger partial charge in [-0.2, -0.15) is 0 Å². The molecule has 130 valence electrons. The molecule has 0 saturated carbocycles. The zero-order valence-electron chi connectivity index (χ0n) is 14.1. The van der Waals surface area contributed by atoms with Gasteiger partial charge in [-0.05, 0) is 23.1 Å². The van der Waals surface area contributed by atoms with Crippen molar-refractivity contribution in [2.24, 2.45) is 5.73 Å². The first kappa shape index (κ1) is 17.2. The molecule has 5 heteroatoms. The van der Waals surface area contributed by atoms with Gasteiger partial charge in [-0.3, -0.25) is 9.59 Å². The molecule has 0 fully saturated rings. The summed E-state index contributed by atoms with van der Waals surface area (Å²) in [7, 11) is 0. The topological polar surface area (TPSA) is 72.6 Å². The van der Waals surface area contributed by atoms with E-state index < -0.39 is 6.04 Å². The summed E-state index contributed by atoms with van der Waals surface area (Å²) in [6.45, 7) is 1.41. The van der Waals surface area contributed by atoms with Crippen molar-refractivity contribution in [1.82, 2.24) is 4.90 Å². The predicted molar refractivity (Wildman–Crippen MR) is 94.1 cm³/mol. The smallest absolute Gasteiger partial charge is 0.306 e. The van der Waals surface area contributed by atoms with E-state index in [2.05, 4.69) is 0 Å². The molecule has 2 N–H and O–H groups in total. The van der Waals surface area contributed by atoms with Crippen LogP contribution in [0.1, 0.15) is 29.5 Å². The van der Waals surface area contributed by atoms with Gasteiger partial charge in [-0.1, -0.05) is 54.6 Å². The van der Waals surface area contributed by atoms with Gasteiger partial charge in [0.2, 0.25) is 5.91 Å². The van der Waals surface area contributed by atoms with E-state index in [-0.39, 0.29) is 24.9 Å². The second-order valence-electron chi connectivity index (χ2n) is 6.25. The fourth-order valence-corrected chi connectivity index (χ4v) is 2.93. The average molecular weight is 338 g/mol. The Hall–Kier alpha value is -2.66. The molecule has 0 aliphatic carbocycles. The molecule has 0 aromatic heterocycles. The largest absolute Gasteiger partial charge is 0.461 e. The van der Waals surface area contributed by atoms with Crippen LogP contribution >= 0.6 is 0 Å². The number of esters is 1. The highest BCUT2D eigenvalue weighted by atomic mass is 16.5. The third kappa shape index (κ3) is 4.45. The van der Waals surface area contributed by atoms with Gasteiger partial charge in [0.1, 0.15) is 6.61 Å². The molecule has 1 heterocycles. The Morgan fingerprint density at radius 1 is 1.00 bits per heavy atom. The lowest BCUT2D eigenvalue weighted by Crippen LogP contribution is -2.41. The van der Waals surface area contributed by atoms with Gasteiger partial charge < -0.3 is 15.4 Å². The minimum atomic E-state index is -0.682. The number of fused-ring (bicyclic) bond motifs is 1. The summed E-state index contributed by atoms with van der Waals surface area (Å²) < 4.78 is 5.21. The molecule has 0 radical (unpaired) electrons. The molecule has 1 amide bonds. The van der Waals surface area contributed by atoms with Crippen molar-refractivity contribution in [3.63, 3.8) is 0 Å². The Morgan fingerprint density at radius 3 is 2.24 bits per heavy atom. The number of carbonyl (C=O) groups excluding carboxylic acids is 2. The first-order valence-corrected chi connectivity index (χ1v) is 8.44. The van der Waals surface area contributed by atoms with Crippen molar-refractivity contribution in [1.29, 1.82) is 0 Å². The van der Waals surface area contributed by atoms with E-state index in [1.165, 1.54) is 0 Å². The van der Waals surface area contributed by atoms with Crippen LogP contribution in [0.5, 0.6) is 0 Å². The van der Waals surface area contributed by atoms with Crippen LogP contribution < -0.4 is 5.73 Å². The number of carbonyl (C=O) groups is 2. The lowest BCUT2D eigenvalue weighted by atomic mass is 10.1. The molecule has 0 bridgehead atoms. The normalized spacial score (nSPS) is 14.0. The average Bonchev–Trinajstić information content (AvgIpc) is 3.08. The molecule has 2 aromatic carbocycles. The van der Waals surface area contributed by atoms with Crippen LogP contribution in [-0.2, 0) is 34.0 Å². The van der Waals surface area contributed by atoms with Gasteiger partial charge in [-0.25, -0.2) is 0 Å². The maximum absolute atomic E-state index is 12.5. The molecule has 1 unspecified atom stereocenters. The lowest BCUT2D eigenvalue weighted by molar-refractivity contribution is -0.145. The third-order valence-corrected chi connectivity index (χ3v) is 4.37. The van der Waals surface area contributed by atoms with E-state index in [1.807, 2.05) is 54.6 Å². The number of hydrogen-bond donors (Lipinski definition) is 1. The Labute approximate surface area is 147 Å². The standard InChI is InChI=1S/C20H22N2O3/c21-18(10-11-19(23)25-14-15-6-2-1-3-7-15)20(24)22-12-16-8-4-5-9-17(16)13-22/h1-9,18H,10-14,21H2. The quantitative estimate of drug-likeness (QED) is 0.821.